The summed E-state index contributed by atoms with van der Waals surface area (Å²) < 4.78 is 0. The number of aryl methyl sites for hydroxylation is 1. The monoisotopic (exact) mass is 305 g/mol. The molecule has 1 aliphatic carbocycles. The third kappa shape index (κ3) is 1.95. The number of hydrogen-bond donors (Lipinski definition) is 0. The zero-order chi connectivity index (χ0) is 16.0. The number of rotatable bonds is 2. The predicted octanol–water partition coefficient (Wildman–Crippen LogP) is 3.18. The second kappa shape index (κ2) is 5.16. The first-order valence-corrected chi connectivity index (χ1v) is 7.80. The van der Waals surface area contributed by atoms with E-state index in [-0.39, 0.29) is 11.8 Å². The zero-order valence-electron chi connectivity index (χ0n) is 12.5. The Kier molecular flexibility index (Phi) is 3.11. The van der Waals surface area contributed by atoms with Crippen LogP contribution in [0.1, 0.15) is 55.0 Å². The number of nitrogens with zero attached hydrogens (tertiary/aromatic N) is 1. The van der Waals surface area contributed by atoms with Gasteiger partial charge in [-0.15, -0.1) is 0 Å². The summed E-state index contributed by atoms with van der Waals surface area (Å²) in [7, 11) is 0. The SMILES string of the molecule is O=Cc1ccc2c(c1N1C(=O)c3ccccc3C1=O)CCCC2. The number of aldehydes is 1. The lowest BCUT2D eigenvalue weighted by Crippen LogP contribution is -2.32. The summed E-state index contributed by atoms with van der Waals surface area (Å²) in [5, 5.41) is 0. The predicted molar refractivity (Wildman–Crippen MR) is 86.1 cm³/mol. The van der Waals surface area contributed by atoms with Crippen LogP contribution in [-0.2, 0) is 12.8 Å². The molecular weight excluding hydrogens is 290 g/mol. The molecule has 0 unspecified atom stereocenters. The van der Waals surface area contributed by atoms with Crippen LogP contribution in [-0.4, -0.2) is 18.1 Å². The first-order chi connectivity index (χ1) is 11.2. The fourth-order valence-corrected chi connectivity index (χ4v) is 3.58. The van der Waals surface area contributed by atoms with Crippen LogP contribution in [0, 0.1) is 0 Å². The standard InChI is InChI=1S/C19H15NO3/c21-11-13-10-9-12-5-1-2-6-14(12)17(13)20-18(22)15-7-3-4-8-16(15)19(20)23/h3-4,7-11H,1-2,5-6H2. The van der Waals surface area contributed by atoms with E-state index in [1.165, 1.54) is 4.90 Å². The highest BCUT2D eigenvalue weighted by atomic mass is 16.2. The molecular formula is C19H15NO3. The van der Waals surface area contributed by atoms with Gasteiger partial charge >= 0.3 is 0 Å². The minimum Gasteiger partial charge on any atom is -0.298 e. The molecule has 0 atom stereocenters. The summed E-state index contributed by atoms with van der Waals surface area (Å²) in [5.41, 5.74) is 3.80. The minimum atomic E-state index is -0.340. The van der Waals surface area contributed by atoms with Gasteiger partial charge in [-0.25, -0.2) is 4.90 Å². The molecule has 2 aromatic carbocycles. The van der Waals surface area contributed by atoms with Crippen LogP contribution in [0.15, 0.2) is 36.4 Å². The maximum Gasteiger partial charge on any atom is 0.266 e. The van der Waals surface area contributed by atoms with E-state index in [2.05, 4.69) is 0 Å². The van der Waals surface area contributed by atoms with Gasteiger partial charge in [0.2, 0.25) is 0 Å². The first kappa shape index (κ1) is 13.9. The number of carbonyl (C=O) groups excluding carboxylic acids is 3. The number of hydrogen-bond acceptors (Lipinski definition) is 3. The Morgan fingerprint density at radius 3 is 2.17 bits per heavy atom. The zero-order valence-corrected chi connectivity index (χ0v) is 12.5. The van der Waals surface area contributed by atoms with Crippen molar-refractivity contribution in [2.24, 2.45) is 0 Å². The van der Waals surface area contributed by atoms with E-state index in [4.69, 9.17) is 0 Å². The van der Waals surface area contributed by atoms with Crippen molar-refractivity contribution >= 4 is 23.8 Å². The minimum absolute atomic E-state index is 0.340. The van der Waals surface area contributed by atoms with Crippen LogP contribution in [0.2, 0.25) is 0 Å². The molecule has 0 saturated carbocycles. The first-order valence-electron chi connectivity index (χ1n) is 7.80. The molecule has 4 heteroatoms. The smallest absolute Gasteiger partial charge is 0.266 e. The van der Waals surface area contributed by atoms with E-state index in [0.717, 1.165) is 43.1 Å². The van der Waals surface area contributed by atoms with E-state index >= 15 is 0 Å². The Hall–Kier alpha value is -2.75. The van der Waals surface area contributed by atoms with E-state index < -0.39 is 0 Å². The normalized spacial score (nSPS) is 16.3. The number of amides is 2. The fraction of sp³-hybridized carbons (Fsp3) is 0.211. The highest BCUT2D eigenvalue weighted by Crippen LogP contribution is 2.37. The lowest BCUT2D eigenvalue weighted by molar-refractivity contribution is 0.0925. The molecule has 0 aromatic heterocycles. The number of imide groups is 1. The van der Waals surface area contributed by atoms with Gasteiger partial charge in [0.1, 0.15) is 0 Å². The van der Waals surface area contributed by atoms with Crippen molar-refractivity contribution in [3.63, 3.8) is 0 Å². The highest BCUT2D eigenvalue weighted by molar-refractivity contribution is 6.35. The van der Waals surface area contributed by atoms with Crippen LogP contribution in [0.5, 0.6) is 0 Å². The lowest BCUT2D eigenvalue weighted by atomic mass is 9.88. The molecule has 0 radical (unpaired) electrons. The van der Waals surface area contributed by atoms with Crippen molar-refractivity contribution in [3.8, 4) is 0 Å². The quantitative estimate of drug-likeness (QED) is 0.632. The Labute approximate surface area is 133 Å². The molecule has 23 heavy (non-hydrogen) atoms. The van der Waals surface area contributed by atoms with Gasteiger partial charge in [0.05, 0.1) is 16.8 Å². The van der Waals surface area contributed by atoms with Crippen LogP contribution >= 0.6 is 0 Å². The average Bonchev–Trinajstić information content (AvgIpc) is 2.85. The average molecular weight is 305 g/mol. The molecule has 1 aliphatic heterocycles. The lowest BCUT2D eigenvalue weighted by Gasteiger charge is -2.25. The van der Waals surface area contributed by atoms with E-state index in [9.17, 15) is 14.4 Å². The Morgan fingerprint density at radius 2 is 1.52 bits per heavy atom. The third-order valence-corrected chi connectivity index (χ3v) is 4.68. The maximum atomic E-state index is 12.8. The summed E-state index contributed by atoms with van der Waals surface area (Å²) in [6.07, 6.45) is 4.54. The summed E-state index contributed by atoms with van der Waals surface area (Å²) in [4.78, 5) is 38.2. The van der Waals surface area contributed by atoms with E-state index in [0.29, 0.717) is 22.4 Å². The molecule has 0 spiro atoms. The highest BCUT2D eigenvalue weighted by Gasteiger charge is 2.39. The summed E-state index contributed by atoms with van der Waals surface area (Å²) in [6, 6.07) is 10.5. The van der Waals surface area contributed by atoms with E-state index in [1.807, 2.05) is 6.07 Å². The molecule has 1 heterocycles. The molecule has 0 bridgehead atoms. The molecule has 0 saturated heterocycles. The van der Waals surface area contributed by atoms with Crippen LogP contribution in [0.3, 0.4) is 0 Å². The molecule has 0 N–H and O–H groups in total. The van der Waals surface area contributed by atoms with Gasteiger partial charge in [-0.05, 0) is 55.0 Å². The van der Waals surface area contributed by atoms with Gasteiger partial charge in [-0.3, -0.25) is 14.4 Å². The molecule has 2 amide bonds. The molecule has 114 valence electrons. The number of carbonyl (C=O) groups is 3. The molecule has 2 aromatic rings. The second-order valence-electron chi connectivity index (χ2n) is 5.96. The Balaban J connectivity index is 1.94. The molecule has 0 fully saturated rings. The van der Waals surface area contributed by atoms with Crippen molar-refractivity contribution in [2.75, 3.05) is 4.90 Å². The molecule has 4 rings (SSSR count). The van der Waals surface area contributed by atoms with Gasteiger partial charge in [-0.2, -0.15) is 0 Å². The largest absolute Gasteiger partial charge is 0.298 e. The Bertz CT molecular complexity index is 819. The van der Waals surface area contributed by atoms with Crippen molar-refractivity contribution in [1.82, 2.24) is 0 Å². The van der Waals surface area contributed by atoms with Gasteiger partial charge in [0, 0.05) is 5.56 Å². The maximum absolute atomic E-state index is 12.8. The molecule has 2 aliphatic rings. The van der Waals surface area contributed by atoms with Gasteiger partial charge < -0.3 is 0 Å². The Morgan fingerprint density at radius 1 is 0.870 bits per heavy atom. The summed E-state index contributed by atoms with van der Waals surface area (Å²) >= 11 is 0. The van der Waals surface area contributed by atoms with E-state index in [1.54, 1.807) is 30.3 Å². The van der Waals surface area contributed by atoms with Gasteiger partial charge in [0.15, 0.2) is 6.29 Å². The number of benzene rings is 2. The second-order valence-corrected chi connectivity index (χ2v) is 5.96. The van der Waals surface area contributed by atoms with Crippen molar-refractivity contribution < 1.29 is 14.4 Å². The van der Waals surface area contributed by atoms with Crippen molar-refractivity contribution in [2.45, 2.75) is 25.7 Å². The summed E-state index contributed by atoms with van der Waals surface area (Å²) in [5.74, 6) is -0.680. The van der Waals surface area contributed by atoms with Crippen molar-refractivity contribution in [1.29, 1.82) is 0 Å². The summed E-state index contributed by atoms with van der Waals surface area (Å²) in [6.45, 7) is 0. The fourth-order valence-electron chi connectivity index (χ4n) is 3.58. The van der Waals surface area contributed by atoms with Crippen molar-refractivity contribution in [3.05, 3.63) is 64.2 Å². The van der Waals surface area contributed by atoms with Gasteiger partial charge in [-0.1, -0.05) is 18.2 Å². The van der Waals surface area contributed by atoms with Crippen LogP contribution in [0.25, 0.3) is 0 Å². The number of anilines is 1. The van der Waals surface area contributed by atoms with Crippen LogP contribution < -0.4 is 4.90 Å². The third-order valence-electron chi connectivity index (χ3n) is 4.68. The number of fused-ring (bicyclic) bond motifs is 2. The van der Waals surface area contributed by atoms with Crippen LogP contribution in [0.4, 0.5) is 5.69 Å². The topological polar surface area (TPSA) is 54.5 Å². The van der Waals surface area contributed by atoms with Gasteiger partial charge in [0.25, 0.3) is 11.8 Å². The molecule has 4 nitrogen and oxygen atoms in total.